The normalized spacial score (nSPS) is 19.4. The average molecular weight is 377 g/mol. The van der Waals surface area contributed by atoms with Crippen LogP contribution in [0.2, 0.25) is 5.02 Å². The lowest BCUT2D eigenvalue weighted by Crippen LogP contribution is -2.61. The summed E-state index contributed by atoms with van der Waals surface area (Å²) >= 11 is 5.86. The molecule has 25 heavy (non-hydrogen) atoms. The number of fused-ring (bicyclic) bond motifs is 1. The molecule has 0 saturated carbocycles. The number of benzene rings is 2. The van der Waals surface area contributed by atoms with Gasteiger partial charge in [-0.1, -0.05) is 48.0 Å². The monoisotopic (exact) mass is 376 g/mol. The predicted octanol–water partition coefficient (Wildman–Crippen LogP) is 2.91. The highest BCUT2D eigenvalue weighted by Gasteiger charge is 2.39. The van der Waals surface area contributed by atoms with Gasteiger partial charge >= 0.3 is 0 Å². The molecule has 1 saturated heterocycles. The van der Waals surface area contributed by atoms with E-state index in [1.54, 1.807) is 28.6 Å². The SMILES string of the molecule is O=S(=O)(Cc1ccc(Cl)cc1)N1CC(N2CCc3ccccc3C2)C1. The van der Waals surface area contributed by atoms with Crippen LogP contribution in [0.25, 0.3) is 0 Å². The molecule has 2 heterocycles. The molecular weight excluding hydrogens is 356 g/mol. The topological polar surface area (TPSA) is 40.6 Å². The zero-order valence-electron chi connectivity index (χ0n) is 13.9. The van der Waals surface area contributed by atoms with E-state index in [0.29, 0.717) is 24.2 Å². The highest BCUT2D eigenvalue weighted by atomic mass is 35.5. The molecule has 0 aliphatic carbocycles. The van der Waals surface area contributed by atoms with E-state index in [1.165, 1.54) is 11.1 Å². The Morgan fingerprint density at radius 1 is 1.00 bits per heavy atom. The lowest BCUT2D eigenvalue weighted by atomic mass is 9.97. The lowest BCUT2D eigenvalue weighted by Gasteiger charge is -2.46. The summed E-state index contributed by atoms with van der Waals surface area (Å²) in [5.41, 5.74) is 3.57. The van der Waals surface area contributed by atoms with Crippen molar-refractivity contribution in [1.29, 1.82) is 0 Å². The number of rotatable bonds is 4. The lowest BCUT2D eigenvalue weighted by molar-refractivity contribution is 0.0768. The second-order valence-electron chi connectivity index (χ2n) is 6.84. The molecule has 6 heteroatoms. The van der Waals surface area contributed by atoms with Crippen molar-refractivity contribution in [2.75, 3.05) is 19.6 Å². The smallest absolute Gasteiger partial charge is 0.218 e. The molecule has 0 aromatic heterocycles. The minimum absolute atomic E-state index is 0.0414. The summed E-state index contributed by atoms with van der Waals surface area (Å²) < 4.78 is 26.7. The van der Waals surface area contributed by atoms with Gasteiger partial charge in [0, 0.05) is 37.2 Å². The fourth-order valence-electron chi connectivity index (χ4n) is 3.59. The first-order valence-corrected chi connectivity index (χ1v) is 10.5. The van der Waals surface area contributed by atoms with Crippen molar-refractivity contribution in [3.8, 4) is 0 Å². The number of hydrogen-bond donors (Lipinski definition) is 0. The second-order valence-corrected chi connectivity index (χ2v) is 9.25. The quantitative estimate of drug-likeness (QED) is 0.823. The summed E-state index contributed by atoms with van der Waals surface area (Å²) in [6.45, 7) is 3.12. The molecule has 4 rings (SSSR count). The standard InChI is InChI=1S/C19H21ClN2O2S/c20-18-7-5-15(6-8-18)14-25(23,24)22-12-19(13-22)21-10-9-16-3-1-2-4-17(16)11-21/h1-8,19H,9-14H2. The molecule has 2 aromatic carbocycles. The molecule has 0 bridgehead atoms. The Morgan fingerprint density at radius 2 is 1.68 bits per heavy atom. The Kier molecular flexibility index (Phi) is 4.58. The fourth-order valence-corrected chi connectivity index (χ4v) is 5.31. The van der Waals surface area contributed by atoms with Gasteiger partial charge in [0.15, 0.2) is 0 Å². The summed E-state index contributed by atoms with van der Waals surface area (Å²) in [5, 5.41) is 0.621. The largest absolute Gasteiger partial charge is 0.293 e. The van der Waals surface area contributed by atoms with Crippen molar-refractivity contribution < 1.29 is 8.42 Å². The van der Waals surface area contributed by atoms with Crippen molar-refractivity contribution in [3.05, 3.63) is 70.2 Å². The number of sulfonamides is 1. The van der Waals surface area contributed by atoms with Crippen LogP contribution in [0.4, 0.5) is 0 Å². The van der Waals surface area contributed by atoms with Gasteiger partial charge in [-0.15, -0.1) is 0 Å². The van der Waals surface area contributed by atoms with Crippen LogP contribution < -0.4 is 0 Å². The highest BCUT2D eigenvalue weighted by molar-refractivity contribution is 7.88. The zero-order chi connectivity index (χ0) is 17.4. The summed E-state index contributed by atoms with van der Waals surface area (Å²) in [5.74, 6) is 0.0414. The average Bonchev–Trinajstić information content (AvgIpc) is 2.55. The first-order valence-electron chi connectivity index (χ1n) is 8.54. The van der Waals surface area contributed by atoms with E-state index in [4.69, 9.17) is 11.6 Å². The molecule has 0 atom stereocenters. The number of halogens is 1. The molecule has 0 unspecified atom stereocenters. The van der Waals surface area contributed by atoms with Crippen LogP contribution in [0, 0.1) is 0 Å². The molecule has 132 valence electrons. The van der Waals surface area contributed by atoms with Gasteiger partial charge < -0.3 is 0 Å². The van der Waals surface area contributed by atoms with Crippen molar-refractivity contribution in [2.24, 2.45) is 0 Å². The van der Waals surface area contributed by atoms with Gasteiger partial charge in [0.25, 0.3) is 0 Å². The van der Waals surface area contributed by atoms with Crippen molar-refractivity contribution in [3.63, 3.8) is 0 Å². The molecule has 2 aliphatic heterocycles. The van der Waals surface area contributed by atoms with Crippen LogP contribution in [0.5, 0.6) is 0 Å². The molecule has 0 spiro atoms. The Hall–Kier alpha value is -1.40. The second kappa shape index (κ2) is 6.72. The fraction of sp³-hybridized carbons (Fsp3) is 0.368. The first kappa shape index (κ1) is 17.0. The van der Waals surface area contributed by atoms with Crippen LogP contribution in [-0.4, -0.2) is 43.3 Å². The third-order valence-corrected chi connectivity index (χ3v) is 7.20. The third kappa shape index (κ3) is 3.60. The molecule has 1 fully saturated rings. The molecule has 0 N–H and O–H groups in total. The number of hydrogen-bond acceptors (Lipinski definition) is 3. The number of nitrogens with zero attached hydrogens (tertiary/aromatic N) is 2. The maximum Gasteiger partial charge on any atom is 0.218 e. The van der Waals surface area contributed by atoms with E-state index in [1.807, 2.05) is 0 Å². The molecular formula is C19H21ClN2O2S. The Morgan fingerprint density at radius 3 is 2.40 bits per heavy atom. The summed E-state index contributed by atoms with van der Waals surface area (Å²) in [6.07, 6.45) is 1.05. The van der Waals surface area contributed by atoms with Gasteiger partial charge in [-0.05, 0) is 35.2 Å². The minimum Gasteiger partial charge on any atom is -0.293 e. The van der Waals surface area contributed by atoms with Crippen LogP contribution in [0.15, 0.2) is 48.5 Å². The van der Waals surface area contributed by atoms with Crippen molar-refractivity contribution in [2.45, 2.75) is 24.8 Å². The van der Waals surface area contributed by atoms with Gasteiger partial charge in [-0.25, -0.2) is 8.42 Å². The van der Waals surface area contributed by atoms with Gasteiger partial charge in [0.05, 0.1) is 5.75 Å². The highest BCUT2D eigenvalue weighted by Crippen LogP contribution is 2.27. The van der Waals surface area contributed by atoms with E-state index < -0.39 is 10.0 Å². The Labute approximate surface area is 154 Å². The molecule has 0 radical (unpaired) electrons. The van der Waals surface area contributed by atoms with Crippen molar-refractivity contribution >= 4 is 21.6 Å². The molecule has 2 aromatic rings. The third-order valence-electron chi connectivity index (χ3n) is 5.16. The van der Waals surface area contributed by atoms with E-state index in [2.05, 4.69) is 29.2 Å². The van der Waals surface area contributed by atoms with Crippen molar-refractivity contribution in [1.82, 2.24) is 9.21 Å². The summed E-state index contributed by atoms with van der Waals surface area (Å²) in [7, 11) is -3.26. The van der Waals surface area contributed by atoms with E-state index in [-0.39, 0.29) is 5.75 Å². The van der Waals surface area contributed by atoms with E-state index in [0.717, 1.165) is 25.1 Å². The van der Waals surface area contributed by atoms with E-state index >= 15 is 0 Å². The van der Waals surface area contributed by atoms with Gasteiger partial charge in [0.2, 0.25) is 10.0 Å². The van der Waals surface area contributed by atoms with Gasteiger partial charge in [-0.3, -0.25) is 4.90 Å². The maximum atomic E-state index is 12.6. The maximum absolute atomic E-state index is 12.6. The van der Waals surface area contributed by atoms with Crippen LogP contribution >= 0.6 is 11.6 Å². The Balaban J connectivity index is 1.36. The molecule has 4 nitrogen and oxygen atoms in total. The van der Waals surface area contributed by atoms with Crippen LogP contribution in [0.3, 0.4) is 0 Å². The molecule has 0 amide bonds. The van der Waals surface area contributed by atoms with E-state index in [9.17, 15) is 8.42 Å². The minimum atomic E-state index is -3.26. The van der Waals surface area contributed by atoms with Gasteiger partial charge in [0.1, 0.15) is 0 Å². The summed E-state index contributed by atoms with van der Waals surface area (Å²) in [6, 6.07) is 15.9. The Bertz CT molecular complexity index is 861. The predicted molar refractivity (Wildman–Crippen MR) is 100.0 cm³/mol. The summed E-state index contributed by atoms with van der Waals surface area (Å²) in [4.78, 5) is 2.41. The molecule has 2 aliphatic rings. The zero-order valence-corrected chi connectivity index (χ0v) is 15.5. The van der Waals surface area contributed by atoms with Crippen LogP contribution in [0.1, 0.15) is 16.7 Å². The van der Waals surface area contributed by atoms with Gasteiger partial charge in [-0.2, -0.15) is 4.31 Å². The van der Waals surface area contributed by atoms with Crippen LogP contribution in [-0.2, 0) is 28.7 Å². The first-order chi connectivity index (χ1) is 12.0.